The average Bonchev–Trinajstić information content (AvgIpc) is 2.44. The first-order valence-electron chi connectivity index (χ1n) is 6.05. The summed E-state index contributed by atoms with van der Waals surface area (Å²) in [4.78, 5) is 18.3. The second-order valence-corrected chi connectivity index (χ2v) is 5.15. The van der Waals surface area contributed by atoms with Gasteiger partial charge in [0.2, 0.25) is 5.82 Å². The van der Waals surface area contributed by atoms with Crippen LogP contribution in [0.4, 0.5) is 11.5 Å². The molecule has 0 aliphatic carbocycles. The van der Waals surface area contributed by atoms with Crippen molar-refractivity contribution in [2.75, 3.05) is 12.4 Å². The molecule has 1 aromatic carbocycles. The molecule has 1 N–H and O–H groups in total. The van der Waals surface area contributed by atoms with Crippen molar-refractivity contribution >= 4 is 27.4 Å². The van der Waals surface area contributed by atoms with Crippen LogP contribution in [0.25, 0.3) is 0 Å². The monoisotopic (exact) mass is 352 g/mol. The fourth-order valence-electron chi connectivity index (χ4n) is 1.86. The Bertz CT molecular complexity index is 683. The minimum atomic E-state index is -0.570. The summed E-state index contributed by atoms with van der Waals surface area (Å²) in [5, 5.41) is 13.8. The molecule has 1 heterocycles. The summed E-state index contributed by atoms with van der Waals surface area (Å²) < 4.78 is 6.55. The predicted octanol–water partition coefficient (Wildman–Crippen LogP) is 3.60. The molecule has 0 unspecified atom stereocenters. The van der Waals surface area contributed by atoms with Gasteiger partial charge in [0.1, 0.15) is 12.1 Å². The zero-order valence-electron chi connectivity index (χ0n) is 11.7. The van der Waals surface area contributed by atoms with Gasteiger partial charge in [-0.15, -0.1) is 0 Å². The van der Waals surface area contributed by atoms with Crippen LogP contribution >= 0.6 is 15.9 Å². The number of halogens is 1. The number of aromatic nitrogens is 2. The van der Waals surface area contributed by atoms with E-state index in [0.717, 1.165) is 15.6 Å². The Hall–Kier alpha value is -2.22. The van der Waals surface area contributed by atoms with Gasteiger partial charge in [0.05, 0.1) is 4.92 Å². The smallest absolute Gasteiger partial charge is 0.373 e. The van der Waals surface area contributed by atoms with Gasteiger partial charge in [-0.2, -0.15) is 4.98 Å². The van der Waals surface area contributed by atoms with Crippen molar-refractivity contribution in [3.05, 3.63) is 44.2 Å². The van der Waals surface area contributed by atoms with E-state index in [2.05, 4.69) is 31.2 Å². The lowest BCUT2D eigenvalue weighted by Gasteiger charge is -2.10. The third kappa shape index (κ3) is 3.10. The van der Waals surface area contributed by atoms with E-state index in [1.165, 1.54) is 6.33 Å². The van der Waals surface area contributed by atoms with Gasteiger partial charge in [0.25, 0.3) is 0 Å². The fourth-order valence-corrected chi connectivity index (χ4v) is 2.09. The van der Waals surface area contributed by atoms with Gasteiger partial charge in [-0.05, 0) is 37.1 Å². The molecule has 7 nitrogen and oxygen atoms in total. The van der Waals surface area contributed by atoms with Gasteiger partial charge >= 0.3 is 11.6 Å². The summed E-state index contributed by atoms with van der Waals surface area (Å²) in [5.74, 6) is 0.494. The van der Waals surface area contributed by atoms with E-state index < -0.39 is 4.92 Å². The maximum atomic E-state index is 11.2. The minimum absolute atomic E-state index is 0.0968. The molecule has 0 aliphatic rings. The van der Waals surface area contributed by atoms with Crippen LogP contribution in [-0.2, 0) is 0 Å². The number of rotatable bonds is 4. The molecule has 0 saturated heterocycles. The average molecular weight is 353 g/mol. The summed E-state index contributed by atoms with van der Waals surface area (Å²) in [5.41, 5.74) is 1.64. The molecule has 0 radical (unpaired) electrons. The molecule has 2 rings (SSSR count). The summed E-state index contributed by atoms with van der Waals surface area (Å²) in [6.45, 7) is 3.83. The van der Waals surface area contributed by atoms with Gasteiger partial charge in [0.15, 0.2) is 0 Å². The molecule has 8 heteroatoms. The van der Waals surface area contributed by atoms with Crippen molar-refractivity contribution < 1.29 is 9.66 Å². The summed E-state index contributed by atoms with van der Waals surface area (Å²) >= 11 is 3.46. The summed E-state index contributed by atoms with van der Waals surface area (Å²) in [6.07, 6.45) is 1.22. The Morgan fingerprint density at radius 2 is 1.90 bits per heavy atom. The number of anilines is 1. The first-order chi connectivity index (χ1) is 9.93. The Balaban J connectivity index is 2.47. The molecular weight excluding hydrogens is 340 g/mol. The van der Waals surface area contributed by atoms with E-state index in [0.29, 0.717) is 5.75 Å². The number of nitro groups is 1. The number of nitrogens with zero attached hydrogens (tertiary/aromatic N) is 3. The largest absolute Gasteiger partial charge is 0.434 e. The van der Waals surface area contributed by atoms with Crippen molar-refractivity contribution in [1.82, 2.24) is 9.97 Å². The van der Waals surface area contributed by atoms with Gasteiger partial charge in [-0.1, -0.05) is 15.9 Å². The van der Waals surface area contributed by atoms with Crippen molar-refractivity contribution in [3.63, 3.8) is 0 Å². The molecule has 2 aromatic rings. The van der Waals surface area contributed by atoms with Gasteiger partial charge in [-0.3, -0.25) is 10.1 Å². The standard InChI is InChI=1S/C13H13BrN4O3/c1-7-4-9(5-8(2)10(7)14)21-13-11(18(19)20)12(15-3)16-6-17-13/h4-6H,1-3H3,(H,15,16,17). The highest BCUT2D eigenvalue weighted by molar-refractivity contribution is 9.10. The Kier molecular flexibility index (Phi) is 4.37. The van der Waals surface area contributed by atoms with Gasteiger partial charge in [-0.25, -0.2) is 4.98 Å². The van der Waals surface area contributed by atoms with Crippen LogP contribution in [-0.4, -0.2) is 21.9 Å². The summed E-state index contributed by atoms with van der Waals surface area (Å²) in [6, 6.07) is 3.56. The first kappa shape index (κ1) is 15.2. The molecule has 21 heavy (non-hydrogen) atoms. The fraction of sp³-hybridized carbons (Fsp3) is 0.231. The summed E-state index contributed by atoms with van der Waals surface area (Å²) in [7, 11) is 1.55. The zero-order valence-corrected chi connectivity index (χ0v) is 13.3. The zero-order chi connectivity index (χ0) is 15.6. The molecule has 0 amide bonds. The molecule has 0 atom stereocenters. The first-order valence-corrected chi connectivity index (χ1v) is 6.85. The van der Waals surface area contributed by atoms with Crippen LogP contribution in [0.15, 0.2) is 22.9 Å². The highest BCUT2D eigenvalue weighted by atomic mass is 79.9. The van der Waals surface area contributed by atoms with Crippen LogP contribution in [0.2, 0.25) is 0 Å². The molecule has 0 saturated carbocycles. The lowest BCUT2D eigenvalue weighted by molar-refractivity contribution is -0.385. The molecule has 0 aliphatic heterocycles. The van der Waals surface area contributed by atoms with Crippen molar-refractivity contribution in [1.29, 1.82) is 0 Å². The molecule has 0 spiro atoms. The van der Waals surface area contributed by atoms with Crippen molar-refractivity contribution in [2.24, 2.45) is 0 Å². The van der Waals surface area contributed by atoms with E-state index >= 15 is 0 Å². The third-order valence-electron chi connectivity index (χ3n) is 2.83. The van der Waals surface area contributed by atoms with Gasteiger partial charge < -0.3 is 10.1 Å². The Labute approximate surface area is 129 Å². The quantitative estimate of drug-likeness (QED) is 0.667. The van der Waals surface area contributed by atoms with Crippen LogP contribution in [0, 0.1) is 24.0 Å². The second-order valence-electron chi connectivity index (χ2n) is 4.36. The topological polar surface area (TPSA) is 90.2 Å². The highest BCUT2D eigenvalue weighted by Crippen LogP contribution is 2.35. The number of aryl methyl sites for hydroxylation is 2. The van der Waals surface area contributed by atoms with Crippen LogP contribution in [0.3, 0.4) is 0 Å². The predicted molar refractivity (Wildman–Crippen MR) is 81.9 cm³/mol. The normalized spacial score (nSPS) is 10.3. The van der Waals surface area contributed by atoms with E-state index in [-0.39, 0.29) is 17.4 Å². The number of ether oxygens (including phenoxy) is 1. The molecular formula is C13H13BrN4O3. The third-order valence-corrected chi connectivity index (χ3v) is 4.08. The molecule has 0 bridgehead atoms. The maximum Gasteiger partial charge on any atom is 0.373 e. The minimum Gasteiger partial charge on any atom is -0.434 e. The Morgan fingerprint density at radius 3 is 2.43 bits per heavy atom. The van der Waals surface area contributed by atoms with Crippen LogP contribution in [0.1, 0.15) is 11.1 Å². The van der Waals surface area contributed by atoms with E-state index in [1.807, 2.05) is 13.8 Å². The number of nitrogens with one attached hydrogen (secondary N) is 1. The molecule has 1 aromatic heterocycles. The highest BCUT2D eigenvalue weighted by Gasteiger charge is 2.24. The van der Waals surface area contributed by atoms with E-state index in [9.17, 15) is 10.1 Å². The lowest BCUT2D eigenvalue weighted by Crippen LogP contribution is -2.03. The lowest BCUT2D eigenvalue weighted by atomic mass is 10.1. The molecule has 110 valence electrons. The Morgan fingerprint density at radius 1 is 1.29 bits per heavy atom. The van der Waals surface area contributed by atoms with Crippen molar-refractivity contribution in [2.45, 2.75) is 13.8 Å². The maximum absolute atomic E-state index is 11.2. The van der Waals surface area contributed by atoms with Gasteiger partial charge in [0, 0.05) is 11.5 Å². The number of hydrogen-bond donors (Lipinski definition) is 1. The van der Waals surface area contributed by atoms with Crippen molar-refractivity contribution in [3.8, 4) is 11.6 Å². The van der Waals surface area contributed by atoms with E-state index in [4.69, 9.17) is 4.74 Å². The number of hydrogen-bond acceptors (Lipinski definition) is 6. The van der Waals surface area contributed by atoms with Crippen LogP contribution in [0.5, 0.6) is 11.6 Å². The number of benzene rings is 1. The second kappa shape index (κ2) is 6.04. The van der Waals surface area contributed by atoms with Crippen LogP contribution < -0.4 is 10.1 Å². The van der Waals surface area contributed by atoms with E-state index in [1.54, 1.807) is 19.2 Å². The molecule has 0 fully saturated rings. The SMILES string of the molecule is CNc1ncnc(Oc2cc(C)c(Br)c(C)c2)c1[N+](=O)[O-].